The van der Waals surface area contributed by atoms with Gasteiger partial charge in [0.25, 0.3) is 0 Å². The number of fused-ring (bicyclic) bond motifs is 6. The summed E-state index contributed by atoms with van der Waals surface area (Å²) >= 11 is 0. The van der Waals surface area contributed by atoms with Gasteiger partial charge in [0, 0.05) is 32.7 Å². The fraction of sp³-hybridized carbons (Fsp3) is 0. The molecule has 0 bridgehead atoms. The lowest BCUT2D eigenvalue weighted by Crippen LogP contribution is -2.06. The largest absolute Gasteiger partial charge is 0.456 e. The Kier molecular flexibility index (Phi) is 6.42. The molecule has 0 saturated carbocycles. The SMILES string of the molecule is c1ccc(-c2ccc(-c3nc(-c4ccccc4)nc(-n4c5ccc(-c6ccccc6)cc5c5cc6oc7ccccc7c6cc54)n3)cc2)cc1. The van der Waals surface area contributed by atoms with E-state index in [9.17, 15) is 0 Å². The van der Waals surface area contributed by atoms with Crippen molar-refractivity contribution in [2.24, 2.45) is 0 Å². The highest BCUT2D eigenvalue weighted by atomic mass is 16.3. The third-order valence-corrected chi connectivity index (χ3v) is 9.48. The molecule has 3 aromatic heterocycles. The van der Waals surface area contributed by atoms with Crippen molar-refractivity contribution in [1.29, 1.82) is 0 Å². The van der Waals surface area contributed by atoms with Gasteiger partial charge in [-0.15, -0.1) is 0 Å². The molecule has 0 saturated heterocycles. The van der Waals surface area contributed by atoms with Gasteiger partial charge in [0.05, 0.1) is 11.0 Å². The van der Waals surface area contributed by atoms with Crippen LogP contribution < -0.4 is 0 Å². The van der Waals surface area contributed by atoms with Crippen molar-refractivity contribution in [1.82, 2.24) is 19.5 Å². The summed E-state index contributed by atoms with van der Waals surface area (Å²) in [6.07, 6.45) is 0. The van der Waals surface area contributed by atoms with Crippen LogP contribution in [-0.2, 0) is 0 Å². The van der Waals surface area contributed by atoms with Crippen molar-refractivity contribution < 1.29 is 4.42 Å². The molecule has 10 aromatic rings. The van der Waals surface area contributed by atoms with E-state index >= 15 is 0 Å². The van der Waals surface area contributed by atoms with Gasteiger partial charge in [-0.05, 0) is 52.6 Å². The molecule has 3 heterocycles. The predicted octanol–water partition coefficient (Wildman–Crippen LogP) is 11.5. The van der Waals surface area contributed by atoms with Gasteiger partial charge in [0.2, 0.25) is 5.95 Å². The number of aromatic nitrogens is 4. The van der Waals surface area contributed by atoms with Crippen molar-refractivity contribution in [3.63, 3.8) is 0 Å². The van der Waals surface area contributed by atoms with Crippen LogP contribution in [0, 0.1) is 0 Å². The molecule has 0 N–H and O–H groups in total. The molecule has 0 aliphatic rings. The first kappa shape index (κ1) is 28.2. The van der Waals surface area contributed by atoms with Gasteiger partial charge in [-0.1, -0.05) is 140 Å². The first-order valence-electron chi connectivity index (χ1n) is 16.7. The summed E-state index contributed by atoms with van der Waals surface area (Å²) in [7, 11) is 0. The number of rotatable bonds is 5. The van der Waals surface area contributed by atoms with Crippen LogP contribution in [0.4, 0.5) is 0 Å². The summed E-state index contributed by atoms with van der Waals surface area (Å²) < 4.78 is 8.56. The van der Waals surface area contributed by atoms with Crippen LogP contribution in [0.2, 0.25) is 0 Å². The van der Waals surface area contributed by atoms with E-state index in [1.165, 1.54) is 5.56 Å². The summed E-state index contributed by atoms with van der Waals surface area (Å²) in [4.78, 5) is 15.4. The lowest BCUT2D eigenvalue weighted by molar-refractivity contribution is 0.669. The van der Waals surface area contributed by atoms with E-state index in [1.54, 1.807) is 0 Å². The molecule has 0 fully saturated rings. The molecule has 0 radical (unpaired) electrons. The second-order valence-corrected chi connectivity index (χ2v) is 12.5. The average molecular weight is 641 g/mol. The maximum absolute atomic E-state index is 6.38. The number of furan rings is 1. The molecule has 234 valence electrons. The van der Waals surface area contributed by atoms with Gasteiger partial charge in [0.15, 0.2) is 11.6 Å². The molecule has 0 aliphatic heterocycles. The molecule has 5 heteroatoms. The second-order valence-electron chi connectivity index (χ2n) is 12.5. The smallest absolute Gasteiger partial charge is 0.238 e. The summed E-state index contributed by atoms with van der Waals surface area (Å²) in [6.45, 7) is 0. The third kappa shape index (κ3) is 4.67. The minimum Gasteiger partial charge on any atom is -0.456 e. The maximum atomic E-state index is 6.38. The topological polar surface area (TPSA) is 56.7 Å². The Morgan fingerprint density at radius 1 is 0.340 bits per heavy atom. The summed E-state index contributed by atoms with van der Waals surface area (Å²) in [5.41, 5.74) is 10.2. The zero-order chi connectivity index (χ0) is 33.0. The normalized spacial score (nSPS) is 11.6. The van der Waals surface area contributed by atoms with Crippen LogP contribution >= 0.6 is 0 Å². The van der Waals surface area contributed by atoms with E-state index in [1.807, 2.05) is 54.6 Å². The van der Waals surface area contributed by atoms with Gasteiger partial charge in [-0.3, -0.25) is 4.57 Å². The standard InChI is InChI=1S/C45H28N4O/c1-4-12-29(13-5-1)31-20-22-33(23-21-31)44-46-43(32-16-8-3-9-17-32)47-45(48-44)49-39-25-24-34(30-14-6-2-7-15-30)26-36(39)37-28-42-38(27-40(37)49)35-18-10-11-19-41(35)50-42/h1-28H. The van der Waals surface area contributed by atoms with Gasteiger partial charge in [-0.2, -0.15) is 9.97 Å². The highest BCUT2D eigenvalue weighted by Gasteiger charge is 2.20. The van der Waals surface area contributed by atoms with Crippen LogP contribution in [0.3, 0.4) is 0 Å². The predicted molar refractivity (Wildman–Crippen MR) is 203 cm³/mol. The summed E-state index contributed by atoms with van der Waals surface area (Å²) in [6, 6.07) is 58.6. The quantitative estimate of drug-likeness (QED) is 0.188. The summed E-state index contributed by atoms with van der Waals surface area (Å²) in [5.74, 6) is 1.78. The Labute approximate surface area is 287 Å². The Balaban J connectivity index is 1.25. The van der Waals surface area contributed by atoms with Crippen molar-refractivity contribution in [2.75, 3.05) is 0 Å². The molecular weight excluding hydrogens is 613 g/mol. The molecule has 0 spiro atoms. The van der Waals surface area contributed by atoms with Gasteiger partial charge < -0.3 is 4.42 Å². The minimum atomic E-state index is 0.556. The number of para-hydroxylation sites is 1. The molecule has 0 amide bonds. The van der Waals surface area contributed by atoms with Crippen molar-refractivity contribution >= 4 is 43.7 Å². The van der Waals surface area contributed by atoms with E-state index in [0.717, 1.165) is 71.6 Å². The van der Waals surface area contributed by atoms with E-state index in [-0.39, 0.29) is 0 Å². The number of benzene rings is 7. The third-order valence-electron chi connectivity index (χ3n) is 9.48. The lowest BCUT2D eigenvalue weighted by atomic mass is 10.0. The fourth-order valence-corrected chi connectivity index (χ4v) is 7.02. The fourth-order valence-electron chi connectivity index (χ4n) is 7.02. The highest BCUT2D eigenvalue weighted by molar-refractivity contribution is 6.17. The lowest BCUT2D eigenvalue weighted by Gasteiger charge is -2.11. The molecule has 0 unspecified atom stereocenters. The van der Waals surface area contributed by atoms with Crippen molar-refractivity contribution in [2.45, 2.75) is 0 Å². The molecule has 10 rings (SSSR count). The van der Waals surface area contributed by atoms with Crippen LogP contribution in [-0.4, -0.2) is 19.5 Å². The molecule has 7 aromatic carbocycles. The first-order chi connectivity index (χ1) is 24.8. The van der Waals surface area contributed by atoms with Gasteiger partial charge in [0.1, 0.15) is 11.2 Å². The average Bonchev–Trinajstić information content (AvgIpc) is 3.72. The summed E-state index contributed by atoms with van der Waals surface area (Å²) in [5, 5.41) is 4.29. The Bertz CT molecular complexity index is 2840. The molecular formula is C45H28N4O. The van der Waals surface area contributed by atoms with Crippen LogP contribution in [0.15, 0.2) is 174 Å². The van der Waals surface area contributed by atoms with E-state index < -0.39 is 0 Å². The Hall–Kier alpha value is -6.85. The molecule has 0 aliphatic carbocycles. The number of hydrogen-bond donors (Lipinski definition) is 0. The molecule has 0 atom stereocenters. The van der Waals surface area contributed by atoms with E-state index in [4.69, 9.17) is 19.4 Å². The van der Waals surface area contributed by atoms with E-state index in [0.29, 0.717) is 17.6 Å². The van der Waals surface area contributed by atoms with Crippen LogP contribution in [0.25, 0.3) is 94.7 Å². The maximum Gasteiger partial charge on any atom is 0.238 e. The Morgan fingerprint density at radius 3 is 1.56 bits per heavy atom. The van der Waals surface area contributed by atoms with Crippen molar-refractivity contribution in [3.05, 3.63) is 170 Å². The minimum absolute atomic E-state index is 0.556. The number of hydrogen-bond acceptors (Lipinski definition) is 4. The molecule has 5 nitrogen and oxygen atoms in total. The van der Waals surface area contributed by atoms with E-state index in [2.05, 4.69) is 120 Å². The van der Waals surface area contributed by atoms with Crippen LogP contribution in [0.1, 0.15) is 0 Å². The zero-order valence-corrected chi connectivity index (χ0v) is 26.9. The second kappa shape index (κ2) is 11.4. The first-order valence-corrected chi connectivity index (χ1v) is 16.7. The zero-order valence-electron chi connectivity index (χ0n) is 26.9. The highest BCUT2D eigenvalue weighted by Crippen LogP contribution is 2.39. The number of nitrogens with zero attached hydrogens (tertiary/aromatic N) is 4. The monoisotopic (exact) mass is 640 g/mol. The molecule has 50 heavy (non-hydrogen) atoms. The van der Waals surface area contributed by atoms with Gasteiger partial charge in [-0.25, -0.2) is 4.98 Å². The van der Waals surface area contributed by atoms with Crippen LogP contribution in [0.5, 0.6) is 0 Å². The Morgan fingerprint density at radius 2 is 0.860 bits per heavy atom. The van der Waals surface area contributed by atoms with Gasteiger partial charge >= 0.3 is 0 Å². The van der Waals surface area contributed by atoms with Crippen molar-refractivity contribution in [3.8, 4) is 51.0 Å².